The molecule has 1 aliphatic carbocycles. The molecule has 0 heterocycles. The van der Waals surface area contributed by atoms with Gasteiger partial charge in [-0.2, -0.15) is 0 Å². The van der Waals surface area contributed by atoms with Crippen LogP contribution in [0.3, 0.4) is 0 Å². The summed E-state index contributed by atoms with van der Waals surface area (Å²) in [5.41, 5.74) is 0.487. The summed E-state index contributed by atoms with van der Waals surface area (Å²) in [4.78, 5) is 22.8. The van der Waals surface area contributed by atoms with E-state index < -0.39 is 17.6 Å². The molecule has 0 aromatic heterocycles. The predicted octanol–water partition coefficient (Wildman–Crippen LogP) is 2.47. The van der Waals surface area contributed by atoms with Gasteiger partial charge in [-0.1, -0.05) is 6.07 Å². The molecule has 0 saturated heterocycles. The van der Waals surface area contributed by atoms with E-state index in [1.54, 1.807) is 0 Å². The lowest BCUT2D eigenvalue weighted by Gasteiger charge is -2.25. The molecule has 0 bridgehead atoms. The third-order valence-corrected chi connectivity index (χ3v) is 3.90. The van der Waals surface area contributed by atoms with Crippen molar-refractivity contribution < 1.29 is 23.5 Å². The topological polar surface area (TPSA) is 66.4 Å². The number of rotatable bonds is 4. The van der Waals surface area contributed by atoms with Gasteiger partial charge in [0.15, 0.2) is 11.6 Å². The molecule has 1 saturated carbocycles. The molecule has 0 spiro atoms. The maximum Gasteiger partial charge on any atom is 0.306 e. The number of nitrogens with one attached hydrogen (secondary N) is 1. The van der Waals surface area contributed by atoms with Crippen molar-refractivity contribution in [2.45, 2.75) is 32.2 Å². The van der Waals surface area contributed by atoms with Gasteiger partial charge in [0.05, 0.1) is 5.92 Å². The predicted molar refractivity (Wildman–Crippen MR) is 71.3 cm³/mol. The molecule has 1 fully saturated rings. The third-order valence-electron chi connectivity index (χ3n) is 3.90. The Labute approximate surface area is 121 Å². The van der Waals surface area contributed by atoms with Gasteiger partial charge in [0.1, 0.15) is 0 Å². The van der Waals surface area contributed by atoms with E-state index in [-0.39, 0.29) is 24.3 Å². The van der Waals surface area contributed by atoms with E-state index in [0.29, 0.717) is 31.2 Å². The summed E-state index contributed by atoms with van der Waals surface area (Å²) < 4.78 is 25.8. The van der Waals surface area contributed by atoms with Gasteiger partial charge in [-0.15, -0.1) is 0 Å². The number of aliphatic carboxylic acids is 1. The van der Waals surface area contributed by atoms with Crippen molar-refractivity contribution >= 4 is 11.9 Å². The molecule has 0 aliphatic heterocycles. The molecule has 1 aromatic carbocycles. The zero-order chi connectivity index (χ0) is 15.4. The average molecular weight is 297 g/mol. The quantitative estimate of drug-likeness (QED) is 0.897. The van der Waals surface area contributed by atoms with Crippen LogP contribution in [0.1, 0.15) is 31.2 Å². The minimum absolute atomic E-state index is 0.134. The van der Waals surface area contributed by atoms with E-state index in [1.807, 2.05) is 0 Å². The largest absolute Gasteiger partial charge is 0.481 e. The number of carboxylic acids is 1. The fraction of sp³-hybridized carbons (Fsp3) is 0.467. The number of carbonyl (C=O) groups is 2. The Bertz CT molecular complexity index is 540. The van der Waals surface area contributed by atoms with E-state index in [2.05, 4.69) is 5.32 Å². The normalized spacial score (nSPS) is 21.8. The van der Waals surface area contributed by atoms with Crippen LogP contribution in [0.15, 0.2) is 18.2 Å². The van der Waals surface area contributed by atoms with Crippen molar-refractivity contribution in [1.29, 1.82) is 0 Å². The molecule has 21 heavy (non-hydrogen) atoms. The van der Waals surface area contributed by atoms with Crippen LogP contribution in [0.25, 0.3) is 0 Å². The minimum Gasteiger partial charge on any atom is -0.481 e. The summed E-state index contributed by atoms with van der Waals surface area (Å²) >= 11 is 0. The second kappa shape index (κ2) is 6.65. The molecule has 2 N–H and O–H groups in total. The summed E-state index contributed by atoms with van der Waals surface area (Å²) in [5.74, 6) is -3.40. The minimum atomic E-state index is -0.941. The van der Waals surface area contributed by atoms with E-state index in [1.165, 1.54) is 6.07 Å². The second-order valence-electron chi connectivity index (χ2n) is 5.35. The first kappa shape index (κ1) is 15.4. The standard InChI is InChI=1S/C15H17F2NO3/c16-12-6-1-9(7-13(12)17)8-18-14(19)10-2-4-11(5-3-10)15(20)21/h1,6-7,10-11H,2-5,8H2,(H,18,19)(H,20,21). The van der Waals surface area contributed by atoms with Crippen LogP contribution in [0.2, 0.25) is 0 Å². The first-order valence-electron chi connectivity index (χ1n) is 6.92. The van der Waals surface area contributed by atoms with Crippen LogP contribution in [0.5, 0.6) is 0 Å². The summed E-state index contributed by atoms with van der Waals surface area (Å²) in [6, 6.07) is 3.49. The van der Waals surface area contributed by atoms with Crippen LogP contribution in [-0.2, 0) is 16.1 Å². The second-order valence-corrected chi connectivity index (χ2v) is 5.35. The molecule has 1 aromatic rings. The summed E-state index contributed by atoms with van der Waals surface area (Å²) in [5, 5.41) is 11.6. The van der Waals surface area contributed by atoms with Crippen molar-refractivity contribution in [2.24, 2.45) is 11.8 Å². The number of halogens is 2. The van der Waals surface area contributed by atoms with E-state index in [4.69, 9.17) is 5.11 Å². The van der Waals surface area contributed by atoms with Crippen molar-refractivity contribution in [3.8, 4) is 0 Å². The van der Waals surface area contributed by atoms with Gasteiger partial charge in [0.2, 0.25) is 5.91 Å². The molecule has 0 atom stereocenters. The van der Waals surface area contributed by atoms with Gasteiger partial charge < -0.3 is 10.4 Å². The zero-order valence-electron chi connectivity index (χ0n) is 11.4. The Morgan fingerprint density at radius 1 is 1.10 bits per heavy atom. The number of hydrogen-bond acceptors (Lipinski definition) is 2. The molecule has 2 rings (SSSR count). The van der Waals surface area contributed by atoms with Gasteiger partial charge in [-0.05, 0) is 43.4 Å². The summed E-state index contributed by atoms with van der Waals surface area (Å²) in [6.07, 6.45) is 2.08. The molecule has 0 unspecified atom stereocenters. The lowest BCUT2D eigenvalue weighted by Crippen LogP contribution is -2.34. The van der Waals surface area contributed by atoms with Crippen LogP contribution in [0, 0.1) is 23.5 Å². The van der Waals surface area contributed by atoms with Crippen LogP contribution < -0.4 is 5.32 Å². The molecule has 1 aliphatic rings. The van der Waals surface area contributed by atoms with Crippen LogP contribution >= 0.6 is 0 Å². The Hall–Kier alpha value is -1.98. The highest BCUT2D eigenvalue weighted by atomic mass is 19.2. The molecule has 6 heteroatoms. The lowest BCUT2D eigenvalue weighted by molar-refractivity contribution is -0.144. The highest BCUT2D eigenvalue weighted by Crippen LogP contribution is 2.29. The first-order valence-corrected chi connectivity index (χ1v) is 6.92. The molecule has 4 nitrogen and oxygen atoms in total. The lowest BCUT2D eigenvalue weighted by atomic mass is 9.81. The highest BCUT2D eigenvalue weighted by Gasteiger charge is 2.29. The van der Waals surface area contributed by atoms with Crippen LogP contribution in [0.4, 0.5) is 8.78 Å². The maximum absolute atomic E-state index is 13.0. The molecular formula is C15H17F2NO3. The summed E-state index contributed by atoms with van der Waals surface area (Å²) in [7, 11) is 0. The Morgan fingerprint density at radius 3 is 2.29 bits per heavy atom. The fourth-order valence-electron chi connectivity index (χ4n) is 2.59. The van der Waals surface area contributed by atoms with Gasteiger partial charge in [-0.3, -0.25) is 9.59 Å². The monoisotopic (exact) mass is 297 g/mol. The molecule has 114 valence electrons. The fourth-order valence-corrected chi connectivity index (χ4v) is 2.59. The van der Waals surface area contributed by atoms with E-state index in [9.17, 15) is 18.4 Å². The van der Waals surface area contributed by atoms with E-state index >= 15 is 0 Å². The smallest absolute Gasteiger partial charge is 0.306 e. The third kappa shape index (κ3) is 4.00. The number of carbonyl (C=O) groups excluding carboxylic acids is 1. The van der Waals surface area contributed by atoms with Crippen LogP contribution in [-0.4, -0.2) is 17.0 Å². The van der Waals surface area contributed by atoms with Crippen molar-refractivity contribution in [2.75, 3.05) is 0 Å². The van der Waals surface area contributed by atoms with E-state index in [0.717, 1.165) is 12.1 Å². The first-order chi connectivity index (χ1) is 9.97. The zero-order valence-corrected chi connectivity index (χ0v) is 11.4. The average Bonchev–Trinajstić information content (AvgIpc) is 2.48. The number of benzene rings is 1. The Kier molecular flexibility index (Phi) is 4.88. The van der Waals surface area contributed by atoms with Gasteiger partial charge >= 0.3 is 5.97 Å². The van der Waals surface area contributed by atoms with Gasteiger partial charge in [-0.25, -0.2) is 8.78 Å². The molecular weight excluding hydrogens is 280 g/mol. The Balaban J connectivity index is 1.82. The highest BCUT2D eigenvalue weighted by molar-refractivity contribution is 5.79. The molecule has 1 amide bonds. The number of hydrogen-bond donors (Lipinski definition) is 2. The van der Waals surface area contributed by atoms with Gasteiger partial charge in [0, 0.05) is 12.5 Å². The van der Waals surface area contributed by atoms with Crippen molar-refractivity contribution in [1.82, 2.24) is 5.32 Å². The number of amides is 1. The van der Waals surface area contributed by atoms with Gasteiger partial charge in [0.25, 0.3) is 0 Å². The Morgan fingerprint density at radius 2 is 1.71 bits per heavy atom. The van der Waals surface area contributed by atoms with Crippen molar-refractivity contribution in [3.05, 3.63) is 35.4 Å². The van der Waals surface area contributed by atoms with Crippen molar-refractivity contribution in [3.63, 3.8) is 0 Å². The number of carboxylic acid groups (broad SMARTS) is 1. The summed E-state index contributed by atoms with van der Waals surface area (Å²) in [6.45, 7) is 0.134. The maximum atomic E-state index is 13.0. The molecule has 0 radical (unpaired) electrons. The SMILES string of the molecule is O=C(O)C1CCC(C(=O)NCc2ccc(F)c(F)c2)CC1.